The molecule has 1 amide bonds. The minimum atomic E-state index is -0.335. The molecule has 146 valence electrons. The molecule has 0 saturated heterocycles. The van der Waals surface area contributed by atoms with Gasteiger partial charge in [-0.1, -0.05) is 46.3 Å². The number of aromatic nitrogens is 4. The number of H-pyrrole nitrogens is 1. The van der Waals surface area contributed by atoms with Gasteiger partial charge in [-0.2, -0.15) is 0 Å². The number of amides is 1. The van der Waals surface area contributed by atoms with Crippen molar-refractivity contribution in [2.24, 2.45) is 0 Å². The maximum absolute atomic E-state index is 12.6. The summed E-state index contributed by atoms with van der Waals surface area (Å²) in [5.41, 5.74) is 2.22. The summed E-state index contributed by atoms with van der Waals surface area (Å²) in [4.78, 5) is 37.0. The first-order chi connectivity index (χ1) is 14.0. The molecule has 0 aliphatic rings. The van der Waals surface area contributed by atoms with Crippen LogP contribution in [0.4, 0.5) is 0 Å². The number of halogens is 1. The Labute approximate surface area is 175 Å². The Bertz CT molecular complexity index is 1230. The van der Waals surface area contributed by atoms with Gasteiger partial charge in [0.1, 0.15) is 12.4 Å². The molecule has 2 aromatic carbocycles. The lowest BCUT2D eigenvalue weighted by molar-refractivity contribution is -0.122. The number of benzene rings is 2. The molecule has 4 aromatic rings. The summed E-state index contributed by atoms with van der Waals surface area (Å²) in [6.45, 7) is 1.72. The van der Waals surface area contributed by atoms with Gasteiger partial charge in [-0.3, -0.25) is 14.2 Å². The van der Waals surface area contributed by atoms with Crippen LogP contribution in [0.3, 0.4) is 0 Å². The van der Waals surface area contributed by atoms with Gasteiger partial charge in [0.05, 0.1) is 35.2 Å². The fourth-order valence-corrected chi connectivity index (χ4v) is 3.44. The first-order valence-corrected chi connectivity index (χ1v) is 9.85. The zero-order chi connectivity index (χ0) is 20.4. The Hall–Kier alpha value is -3.26. The molecule has 0 bridgehead atoms. The molecular weight excluding hydrogens is 434 g/mol. The van der Waals surface area contributed by atoms with E-state index in [2.05, 4.69) is 36.2 Å². The molecule has 2 heterocycles. The molecule has 2 N–H and O–H groups in total. The van der Waals surface area contributed by atoms with Gasteiger partial charge >= 0.3 is 0 Å². The maximum Gasteiger partial charge on any atom is 0.261 e. The third-order valence-electron chi connectivity index (χ3n) is 4.57. The van der Waals surface area contributed by atoms with Crippen molar-refractivity contribution in [3.8, 4) is 11.3 Å². The molecule has 0 saturated carbocycles. The lowest BCUT2D eigenvalue weighted by atomic mass is 10.2. The maximum atomic E-state index is 12.6. The molecule has 2 aromatic heterocycles. The molecule has 0 radical (unpaired) electrons. The lowest BCUT2D eigenvalue weighted by Gasteiger charge is -2.12. The van der Waals surface area contributed by atoms with Gasteiger partial charge < -0.3 is 10.3 Å². The molecule has 8 heteroatoms. The summed E-state index contributed by atoms with van der Waals surface area (Å²) >= 11 is 3.35. The summed E-state index contributed by atoms with van der Waals surface area (Å²) in [6, 6.07) is 14.8. The number of hydrogen-bond acceptors (Lipinski definition) is 4. The first kappa shape index (κ1) is 19.1. The van der Waals surface area contributed by atoms with E-state index in [9.17, 15) is 9.59 Å². The largest absolute Gasteiger partial charge is 0.345 e. The Kier molecular flexibility index (Phi) is 5.26. The number of aromatic amines is 1. The van der Waals surface area contributed by atoms with Gasteiger partial charge in [-0.05, 0) is 30.7 Å². The van der Waals surface area contributed by atoms with E-state index >= 15 is 0 Å². The number of nitrogens with zero attached hydrogens (tertiary/aromatic N) is 3. The van der Waals surface area contributed by atoms with Crippen molar-refractivity contribution in [2.45, 2.75) is 19.5 Å². The Morgan fingerprint density at radius 2 is 2.00 bits per heavy atom. The highest BCUT2D eigenvalue weighted by Gasteiger charge is 2.15. The highest BCUT2D eigenvalue weighted by Crippen LogP contribution is 2.19. The number of carbonyl (C=O) groups excluding carboxylic acids is 1. The van der Waals surface area contributed by atoms with Crippen LogP contribution in [-0.2, 0) is 11.3 Å². The van der Waals surface area contributed by atoms with Gasteiger partial charge in [0, 0.05) is 4.47 Å². The van der Waals surface area contributed by atoms with E-state index in [0.717, 1.165) is 15.7 Å². The number of hydrogen-bond donors (Lipinski definition) is 2. The average molecular weight is 452 g/mol. The molecule has 0 aliphatic heterocycles. The Morgan fingerprint density at radius 1 is 1.21 bits per heavy atom. The van der Waals surface area contributed by atoms with Gasteiger partial charge in [-0.15, -0.1) is 0 Å². The standard InChI is InChI=1S/C21H18BrN5O2/c1-13(20-23-10-18(26-20)14-5-3-2-4-6-14)25-19(28)11-27-12-24-17-8-7-15(22)9-16(17)21(27)29/h2-10,12-13H,11H2,1H3,(H,23,26)(H,25,28). The molecule has 1 atom stereocenters. The minimum absolute atomic E-state index is 0.120. The SMILES string of the molecule is CC(NC(=O)Cn1cnc2ccc(Br)cc2c1=O)c1ncc(-c2ccccc2)[nH]1. The van der Waals surface area contributed by atoms with Crippen LogP contribution in [0.25, 0.3) is 22.2 Å². The summed E-state index contributed by atoms with van der Waals surface area (Å²) in [7, 11) is 0. The van der Waals surface area contributed by atoms with E-state index in [1.165, 1.54) is 10.9 Å². The summed E-state index contributed by atoms with van der Waals surface area (Å²) in [5, 5.41) is 3.33. The quantitative estimate of drug-likeness (QED) is 0.486. The second kappa shape index (κ2) is 8.00. The zero-order valence-electron chi connectivity index (χ0n) is 15.6. The highest BCUT2D eigenvalue weighted by molar-refractivity contribution is 9.10. The number of imidazole rings is 1. The van der Waals surface area contributed by atoms with Crippen molar-refractivity contribution < 1.29 is 4.79 Å². The predicted octanol–water partition coefficient (Wildman–Crippen LogP) is 3.43. The van der Waals surface area contributed by atoms with Gasteiger partial charge in [-0.25, -0.2) is 9.97 Å². The number of carbonyl (C=O) groups is 1. The first-order valence-electron chi connectivity index (χ1n) is 9.05. The number of rotatable bonds is 5. The smallest absolute Gasteiger partial charge is 0.261 e. The minimum Gasteiger partial charge on any atom is -0.345 e. The van der Waals surface area contributed by atoms with Crippen LogP contribution < -0.4 is 10.9 Å². The van der Waals surface area contributed by atoms with Crippen LogP contribution in [0.5, 0.6) is 0 Å². The van der Waals surface area contributed by atoms with Crippen molar-refractivity contribution in [3.05, 3.63) is 81.7 Å². The Balaban J connectivity index is 1.47. The van der Waals surface area contributed by atoms with Crippen LogP contribution in [0.1, 0.15) is 18.8 Å². The third kappa shape index (κ3) is 4.12. The zero-order valence-corrected chi connectivity index (χ0v) is 17.2. The Morgan fingerprint density at radius 3 is 2.79 bits per heavy atom. The van der Waals surface area contributed by atoms with E-state index in [4.69, 9.17) is 0 Å². The predicted molar refractivity (Wildman–Crippen MR) is 114 cm³/mol. The van der Waals surface area contributed by atoms with E-state index < -0.39 is 0 Å². The molecule has 7 nitrogen and oxygen atoms in total. The van der Waals surface area contributed by atoms with E-state index in [0.29, 0.717) is 16.7 Å². The van der Waals surface area contributed by atoms with Crippen molar-refractivity contribution in [3.63, 3.8) is 0 Å². The average Bonchev–Trinajstić information content (AvgIpc) is 3.22. The summed E-state index contributed by atoms with van der Waals surface area (Å²) in [6.07, 6.45) is 3.13. The van der Waals surface area contributed by atoms with Crippen LogP contribution in [-0.4, -0.2) is 25.4 Å². The molecule has 0 spiro atoms. The molecule has 1 unspecified atom stereocenters. The van der Waals surface area contributed by atoms with E-state index in [1.807, 2.05) is 43.3 Å². The molecule has 4 rings (SSSR count). The molecule has 0 fully saturated rings. The second-order valence-corrected chi connectivity index (χ2v) is 7.59. The summed E-state index contributed by atoms with van der Waals surface area (Å²) < 4.78 is 2.08. The second-order valence-electron chi connectivity index (χ2n) is 6.68. The number of nitrogens with one attached hydrogen (secondary N) is 2. The van der Waals surface area contributed by atoms with E-state index in [1.54, 1.807) is 18.3 Å². The fourth-order valence-electron chi connectivity index (χ4n) is 3.08. The monoisotopic (exact) mass is 451 g/mol. The van der Waals surface area contributed by atoms with Gasteiger partial charge in [0.2, 0.25) is 5.91 Å². The molecular formula is C21H18BrN5O2. The van der Waals surface area contributed by atoms with Crippen molar-refractivity contribution in [1.82, 2.24) is 24.8 Å². The van der Waals surface area contributed by atoms with Gasteiger partial charge in [0.15, 0.2) is 0 Å². The summed E-state index contributed by atoms with van der Waals surface area (Å²) in [5.74, 6) is 0.346. The van der Waals surface area contributed by atoms with Crippen LogP contribution >= 0.6 is 15.9 Å². The van der Waals surface area contributed by atoms with Crippen LogP contribution in [0.2, 0.25) is 0 Å². The van der Waals surface area contributed by atoms with Crippen LogP contribution in [0, 0.1) is 0 Å². The van der Waals surface area contributed by atoms with E-state index in [-0.39, 0.29) is 24.1 Å². The van der Waals surface area contributed by atoms with Crippen molar-refractivity contribution in [2.75, 3.05) is 0 Å². The molecule has 29 heavy (non-hydrogen) atoms. The normalized spacial score (nSPS) is 12.1. The molecule has 0 aliphatic carbocycles. The lowest BCUT2D eigenvalue weighted by Crippen LogP contribution is -2.34. The third-order valence-corrected chi connectivity index (χ3v) is 5.06. The van der Waals surface area contributed by atoms with Crippen molar-refractivity contribution >= 4 is 32.7 Å². The van der Waals surface area contributed by atoms with Crippen LogP contribution in [0.15, 0.2) is 70.3 Å². The van der Waals surface area contributed by atoms with Crippen molar-refractivity contribution in [1.29, 1.82) is 0 Å². The number of fused-ring (bicyclic) bond motifs is 1. The van der Waals surface area contributed by atoms with Gasteiger partial charge in [0.25, 0.3) is 5.56 Å². The topological polar surface area (TPSA) is 92.7 Å². The fraction of sp³-hybridized carbons (Fsp3) is 0.143. The highest BCUT2D eigenvalue weighted by atomic mass is 79.9.